The van der Waals surface area contributed by atoms with E-state index in [0.717, 1.165) is 6.07 Å². The van der Waals surface area contributed by atoms with Crippen LogP contribution in [0.25, 0.3) is 5.65 Å². The monoisotopic (exact) mass is 288 g/mol. The molecule has 2 rings (SSSR count). The Kier molecular flexibility index (Phi) is 3.77. The highest BCUT2D eigenvalue weighted by atomic mass is 19.4. The molecule has 9 heteroatoms. The number of halogens is 3. The van der Waals surface area contributed by atoms with Gasteiger partial charge in [0.1, 0.15) is 5.56 Å². The number of aromatic nitrogens is 3. The molecule has 0 spiro atoms. The summed E-state index contributed by atoms with van der Waals surface area (Å²) in [6.07, 6.45) is -3.79. The van der Waals surface area contributed by atoms with Gasteiger partial charge < -0.3 is 10.1 Å². The van der Waals surface area contributed by atoms with Gasteiger partial charge in [0.05, 0.1) is 13.2 Å². The highest BCUT2D eigenvalue weighted by Gasteiger charge is 2.34. The summed E-state index contributed by atoms with van der Waals surface area (Å²) in [5, 5.41) is 9.52. The maximum absolute atomic E-state index is 12.8. The van der Waals surface area contributed by atoms with Crippen molar-refractivity contribution in [2.45, 2.75) is 19.6 Å². The SMILES string of the molecule is CCOC(=O)NCc1nnc2c(C(F)(F)F)cccn12. The Morgan fingerprint density at radius 1 is 1.45 bits per heavy atom. The van der Waals surface area contributed by atoms with Gasteiger partial charge >= 0.3 is 12.3 Å². The number of fused-ring (bicyclic) bond motifs is 1. The van der Waals surface area contributed by atoms with E-state index < -0.39 is 17.8 Å². The summed E-state index contributed by atoms with van der Waals surface area (Å²) in [5.41, 5.74) is -1.18. The number of alkyl halides is 3. The number of hydrogen-bond donors (Lipinski definition) is 1. The van der Waals surface area contributed by atoms with Gasteiger partial charge in [-0.15, -0.1) is 10.2 Å². The first-order valence-corrected chi connectivity index (χ1v) is 5.74. The molecule has 1 amide bonds. The molecule has 0 atom stereocenters. The van der Waals surface area contributed by atoms with Crippen LogP contribution in [0, 0.1) is 0 Å². The Labute approximate surface area is 111 Å². The molecule has 2 heterocycles. The number of hydrogen-bond acceptors (Lipinski definition) is 4. The van der Waals surface area contributed by atoms with Crippen molar-refractivity contribution in [3.63, 3.8) is 0 Å². The van der Waals surface area contributed by atoms with E-state index in [4.69, 9.17) is 0 Å². The topological polar surface area (TPSA) is 68.5 Å². The molecule has 0 bridgehead atoms. The van der Waals surface area contributed by atoms with Crippen molar-refractivity contribution in [2.75, 3.05) is 6.61 Å². The zero-order valence-electron chi connectivity index (χ0n) is 10.4. The number of nitrogens with zero attached hydrogens (tertiary/aromatic N) is 3. The van der Waals surface area contributed by atoms with Crippen LogP contribution < -0.4 is 5.32 Å². The number of pyridine rings is 1. The number of ether oxygens (including phenoxy) is 1. The standard InChI is InChI=1S/C11H11F3N4O2/c1-2-20-10(19)15-6-8-16-17-9-7(11(12,13)14)4-3-5-18(8)9/h3-5H,2,6H2,1H3,(H,15,19). The van der Waals surface area contributed by atoms with Gasteiger partial charge in [-0.25, -0.2) is 4.79 Å². The van der Waals surface area contributed by atoms with Crippen molar-refractivity contribution in [3.8, 4) is 0 Å². The number of amides is 1. The molecule has 0 aromatic carbocycles. The summed E-state index contributed by atoms with van der Waals surface area (Å²) < 4.78 is 44.1. The van der Waals surface area contributed by atoms with Gasteiger partial charge in [0.15, 0.2) is 11.5 Å². The number of rotatable bonds is 3. The van der Waals surface area contributed by atoms with Gasteiger partial charge in [-0.3, -0.25) is 4.40 Å². The minimum Gasteiger partial charge on any atom is -0.450 e. The quantitative estimate of drug-likeness (QED) is 0.938. The second-order valence-electron chi connectivity index (χ2n) is 3.80. The van der Waals surface area contributed by atoms with Crippen LogP contribution in [-0.2, 0) is 17.5 Å². The fourth-order valence-electron chi connectivity index (χ4n) is 1.64. The molecular formula is C11H11F3N4O2. The first kappa shape index (κ1) is 14.1. The molecule has 0 aliphatic rings. The van der Waals surface area contributed by atoms with E-state index in [1.54, 1.807) is 6.92 Å². The Morgan fingerprint density at radius 3 is 2.85 bits per heavy atom. The van der Waals surface area contributed by atoms with Gasteiger partial charge in [0.2, 0.25) is 0 Å². The van der Waals surface area contributed by atoms with E-state index in [0.29, 0.717) is 0 Å². The third-order valence-corrected chi connectivity index (χ3v) is 2.48. The number of alkyl carbamates (subject to hydrolysis) is 1. The predicted octanol–water partition coefficient (Wildman–Crippen LogP) is 1.99. The summed E-state index contributed by atoms with van der Waals surface area (Å²) in [6, 6.07) is 2.17. The van der Waals surface area contributed by atoms with Crippen LogP contribution >= 0.6 is 0 Å². The third-order valence-electron chi connectivity index (χ3n) is 2.48. The van der Waals surface area contributed by atoms with Gasteiger partial charge in [-0.05, 0) is 19.1 Å². The van der Waals surface area contributed by atoms with Crippen LogP contribution in [0.4, 0.5) is 18.0 Å². The van der Waals surface area contributed by atoms with Crippen molar-refractivity contribution in [1.29, 1.82) is 0 Å². The maximum atomic E-state index is 12.8. The second-order valence-corrected chi connectivity index (χ2v) is 3.80. The average molecular weight is 288 g/mol. The lowest BCUT2D eigenvalue weighted by molar-refractivity contribution is -0.136. The molecule has 1 N–H and O–H groups in total. The Morgan fingerprint density at radius 2 is 2.20 bits per heavy atom. The zero-order chi connectivity index (χ0) is 14.8. The Bertz CT molecular complexity index is 624. The fourth-order valence-corrected chi connectivity index (χ4v) is 1.64. The summed E-state index contributed by atoms with van der Waals surface area (Å²) >= 11 is 0. The van der Waals surface area contributed by atoms with Crippen molar-refractivity contribution in [3.05, 3.63) is 29.7 Å². The minimum absolute atomic E-state index is 0.0820. The Hall–Kier alpha value is -2.32. The van der Waals surface area contributed by atoms with Gasteiger partial charge in [0.25, 0.3) is 0 Å². The molecular weight excluding hydrogens is 277 g/mol. The Balaban J connectivity index is 2.27. The molecule has 0 fully saturated rings. The van der Waals surface area contributed by atoms with E-state index in [2.05, 4.69) is 20.3 Å². The highest BCUT2D eigenvalue weighted by Crippen LogP contribution is 2.31. The molecule has 0 aliphatic heterocycles. The van der Waals surface area contributed by atoms with Crippen LogP contribution in [-0.4, -0.2) is 27.3 Å². The molecule has 0 saturated carbocycles. The predicted molar refractivity (Wildman–Crippen MR) is 61.9 cm³/mol. The molecule has 2 aromatic heterocycles. The first-order valence-electron chi connectivity index (χ1n) is 5.74. The van der Waals surface area contributed by atoms with Gasteiger partial charge in [-0.1, -0.05) is 0 Å². The average Bonchev–Trinajstić information content (AvgIpc) is 2.78. The second kappa shape index (κ2) is 5.35. The molecule has 6 nitrogen and oxygen atoms in total. The minimum atomic E-state index is -4.51. The van der Waals surface area contributed by atoms with Crippen LogP contribution in [0.15, 0.2) is 18.3 Å². The molecule has 2 aromatic rings. The lowest BCUT2D eigenvalue weighted by Gasteiger charge is -2.08. The molecule has 0 unspecified atom stereocenters. The smallest absolute Gasteiger partial charge is 0.420 e. The van der Waals surface area contributed by atoms with Crippen LogP contribution in [0.1, 0.15) is 18.3 Å². The highest BCUT2D eigenvalue weighted by molar-refractivity contribution is 5.67. The molecule has 0 saturated heterocycles. The molecule has 20 heavy (non-hydrogen) atoms. The van der Waals surface area contributed by atoms with Gasteiger partial charge in [0, 0.05) is 6.20 Å². The van der Waals surface area contributed by atoms with Crippen molar-refractivity contribution < 1.29 is 22.7 Å². The largest absolute Gasteiger partial charge is 0.450 e. The zero-order valence-corrected chi connectivity index (χ0v) is 10.4. The van der Waals surface area contributed by atoms with Crippen molar-refractivity contribution in [2.24, 2.45) is 0 Å². The number of carbonyl (C=O) groups excluding carboxylic acids is 1. The van der Waals surface area contributed by atoms with E-state index in [9.17, 15) is 18.0 Å². The lowest BCUT2D eigenvalue weighted by atomic mass is 10.2. The number of nitrogens with one attached hydrogen (secondary N) is 1. The van der Waals surface area contributed by atoms with Crippen LogP contribution in [0.2, 0.25) is 0 Å². The summed E-state index contributed by atoms with van der Waals surface area (Å²) in [7, 11) is 0. The number of carbonyl (C=O) groups is 1. The molecule has 108 valence electrons. The van der Waals surface area contributed by atoms with E-state index in [1.165, 1.54) is 16.7 Å². The maximum Gasteiger partial charge on any atom is 0.420 e. The van der Waals surface area contributed by atoms with E-state index >= 15 is 0 Å². The van der Waals surface area contributed by atoms with Crippen LogP contribution in [0.3, 0.4) is 0 Å². The fraction of sp³-hybridized carbons (Fsp3) is 0.364. The lowest BCUT2D eigenvalue weighted by Crippen LogP contribution is -2.24. The van der Waals surface area contributed by atoms with Crippen molar-refractivity contribution >= 4 is 11.7 Å². The first-order chi connectivity index (χ1) is 9.43. The third kappa shape index (κ3) is 2.81. The van der Waals surface area contributed by atoms with Crippen molar-refractivity contribution in [1.82, 2.24) is 19.9 Å². The summed E-state index contributed by atoms with van der Waals surface area (Å²) in [6.45, 7) is 1.76. The normalized spacial score (nSPS) is 11.6. The van der Waals surface area contributed by atoms with Crippen LogP contribution in [0.5, 0.6) is 0 Å². The van der Waals surface area contributed by atoms with Gasteiger partial charge in [-0.2, -0.15) is 13.2 Å². The van der Waals surface area contributed by atoms with E-state index in [1.807, 2.05) is 0 Å². The summed E-state index contributed by atoms with van der Waals surface area (Å²) in [5.74, 6) is 0.180. The summed E-state index contributed by atoms with van der Waals surface area (Å²) in [4.78, 5) is 11.1. The van der Waals surface area contributed by atoms with E-state index in [-0.39, 0.29) is 24.6 Å². The molecule has 0 radical (unpaired) electrons. The molecule has 0 aliphatic carbocycles.